The molecule has 1 heterocycles. The minimum Gasteiger partial charge on any atom is -0.357 e. The molecule has 0 saturated carbocycles. The summed E-state index contributed by atoms with van der Waals surface area (Å²) in [5, 5.41) is 3.83. The smallest absolute Gasteiger partial charge is 0.265 e. The molecule has 0 aliphatic carbocycles. The molecule has 0 saturated heterocycles. The van der Waals surface area contributed by atoms with E-state index in [1.165, 1.54) is 7.11 Å². The summed E-state index contributed by atoms with van der Waals surface area (Å²) >= 11 is 0. The quantitative estimate of drug-likeness (QED) is 0.704. The molecule has 1 unspecified atom stereocenters. The van der Waals surface area contributed by atoms with Crippen molar-refractivity contribution in [2.24, 2.45) is 5.16 Å². The Morgan fingerprint density at radius 2 is 2.06 bits per heavy atom. The normalized spacial score (nSPS) is 19.0. The molecular weight excluding hydrogens is 206 g/mol. The zero-order chi connectivity index (χ0) is 11.5. The van der Waals surface area contributed by atoms with Crippen molar-refractivity contribution in [2.45, 2.75) is 13.2 Å². The van der Waals surface area contributed by atoms with Crippen LogP contribution in [0.15, 0.2) is 35.0 Å². The number of methoxy groups -OCH3 is 1. The number of ether oxygens (including phenoxy) is 1. The van der Waals surface area contributed by atoms with Gasteiger partial charge in [-0.25, -0.2) is 4.79 Å². The average Bonchev–Trinajstić information content (AvgIpc) is 2.72. The maximum Gasteiger partial charge on any atom is 0.265 e. The van der Waals surface area contributed by atoms with Crippen LogP contribution in [0.2, 0.25) is 0 Å². The van der Waals surface area contributed by atoms with Crippen LogP contribution >= 0.6 is 0 Å². The highest BCUT2D eigenvalue weighted by atomic mass is 16.8. The van der Waals surface area contributed by atoms with Crippen molar-refractivity contribution in [1.29, 1.82) is 0 Å². The van der Waals surface area contributed by atoms with Crippen LogP contribution in [0.25, 0.3) is 0 Å². The van der Waals surface area contributed by atoms with Gasteiger partial charge in [0.25, 0.3) is 6.29 Å². The lowest BCUT2D eigenvalue weighted by Gasteiger charge is -2.04. The molecule has 1 aliphatic heterocycles. The van der Waals surface area contributed by atoms with Gasteiger partial charge in [-0.05, 0) is 6.92 Å². The number of aryl methyl sites for hydroxylation is 1. The monoisotopic (exact) mass is 217 g/mol. The molecule has 0 spiro atoms. The van der Waals surface area contributed by atoms with Crippen molar-refractivity contribution >= 4 is 11.7 Å². The van der Waals surface area contributed by atoms with Crippen LogP contribution < -0.4 is 0 Å². The molecule has 16 heavy (non-hydrogen) atoms. The summed E-state index contributed by atoms with van der Waals surface area (Å²) in [4.78, 5) is 15.8. The minimum atomic E-state index is -0.742. The van der Waals surface area contributed by atoms with Gasteiger partial charge in [-0.2, -0.15) is 0 Å². The number of hydrogen-bond donors (Lipinski definition) is 0. The number of hydrogen-bond acceptors (Lipinski definition) is 4. The van der Waals surface area contributed by atoms with Crippen molar-refractivity contribution in [3.63, 3.8) is 0 Å². The Hall–Kier alpha value is -1.90. The van der Waals surface area contributed by atoms with Crippen molar-refractivity contribution < 1.29 is 14.4 Å². The van der Waals surface area contributed by atoms with E-state index in [0.717, 1.165) is 11.1 Å². The number of nitrogens with zero attached hydrogens (tertiary/aromatic N) is 1. The third-order valence-corrected chi connectivity index (χ3v) is 2.38. The van der Waals surface area contributed by atoms with Crippen molar-refractivity contribution in [3.05, 3.63) is 41.0 Å². The zero-order valence-electron chi connectivity index (χ0n) is 9.06. The fourth-order valence-electron chi connectivity index (χ4n) is 1.49. The lowest BCUT2D eigenvalue weighted by molar-refractivity contribution is -0.0822. The van der Waals surface area contributed by atoms with Crippen LogP contribution in [0, 0.1) is 6.92 Å². The first-order valence-electron chi connectivity index (χ1n) is 4.85. The van der Waals surface area contributed by atoms with Crippen LogP contribution in [0.3, 0.4) is 0 Å². The molecule has 0 radical (unpaired) electrons. The van der Waals surface area contributed by atoms with Crippen LogP contribution in [0.1, 0.15) is 11.1 Å². The number of rotatable bonds is 2. The van der Waals surface area contributed by atoms with E-state index in [0.29, 0.717) is 11.3 Å². The molecule has 1 aliphatic rings. The second-order valence-corrected chi connectivity index (χ2v) is 3.49. The maximum atomic E-state index is 10.8. The number of carbonyl (C=O) groups excluding carboxylic acids is 1. The average molecular weight is 217 g/mol. The summed E-state index contributed by atoms with van der Waals surface area (Å²) in [5.74, 6) is 1.81. The Morgan fingerprint density at radius 1 is 1.38 bits per heavy atom. The second-order valence-electron chi connectivity index (χ2n) is 3.49. The van der Waals surface area contributed by atoms with E-state index in [-0.39, 0.29) is 0 Å². The van der Waals surface area contributed by atoms with Gasteiger partial charge in [-0.1, -0.05) is 35.0 Å². The van der Waals surface area contributed by atoms with Crippen molar-refractivity contribution in [1.82, 2.24) is 0 Å². The lowest BCUT2D eigenvalue weighted by Crippen LogP contribution is -2.15. The van der Waals surface area contributed by atoms with E-state index >= 15 is 0 Å². The Labute approximate surface area is 93.2 Å². The Bertz CT molecular complexity index is 470. The fraction of sp³-hybridized carbons (Fsp3) is 0.250. The molecule has 0 fully saturated rings. The number of oxime groups is 1. The first-order chi connectivity index (χ1) is 7.76. The Balaban J connectivity index is 2.36. The van der Waals surface area contributed by atoms with Gasteiger partial charge in [0.1, 0.15) is 17.2 Å². The van der Waals surface area contributed by atoms with E-state index in [4.69, 9.17) is 9.57 Å². The largest absolute Gasteiger partial charge is 0.357 e. The van der Waals surface area contributed by atoms with Gasteiger partial charge in [-0.15, -0.1) is 0 Å². The number of benzene rings is 1. The maximum absolute atomic E-state index is 10.8. The van der Waals surface area contributed by atoms with E-state index in [1.807, 2.05) is 37.1 Å². The molecule has 4 nitrogen and oxygen atoms in total. The molecule has 0 bridgehead atoms. The molecule has 82 valence electrons. The first-order valence-corrected chi connectivity index (χ1v) is 4.85. The van der Waals surface area contributed by atoms with E-state index < -0.39 is 6.29 Å². The molecule has 1 aromatic carbocycles. The molecular formula is C12H11NO3. The summed E-state index contributed by atoms with van der Waals surface area (Å²) < 4.78 is 4.95. The van der Waals surface area contributed by atoms with Crippen LogP contribution in [-0.4, -0.2) is 25.1 Å². The standard InChI is InChI=1S/C12H11NO3/c1-8-3-5-9(6-4-8)11-10(7-14)12(15-2)16-13-11/h3-6,12H,1-2H3. The SMILES string of the molecule is COC1ON=C(c2ccc(C)cc2)C1=C=O. The van der Waals surface area contributed by atoms with Gasteiger partial charge < -0.3 is 9.57 Å². The van der Waals surface area contributed by atoms with Gasteiger partial charge in [0.05, 0.1) is 0 Å². The predicted molar refractivity (Wildman–Crippen MR) is 58.8 cm³/mol. The van der Waals surface area contributed by atoms with Crippen LogP contribution in [-0.2, 0) is 14.4 Å². The summed E-state index contributed by atoms with van der Waals surface area (Å²) in [5.41, 5.74) is 2.75. The summed E-state index contributed by atoms with van der Waals surface area (Å²) in [6, 6.07) is 7.65. The van der Waals surface area contributed by atoms with E-state index in [1.54, 1.807) is 0 Å². The Morgan fingerprint density at radius 3 is 2.62 bits per heavy atom. The second kappa shape index (κ2) is 4.31. The van der Waals surface area contributed by atoms with Gasteiger partial charge >= 0.3 is 0 Å². The highest BCUT2D eigenvalue weighted by Crippen LogP contribution is 2.21. The first kappa shape index (κ1) is 10.6. The van der Waals surface area contributed by atoms with Gasteiger partial charge in [0.15, 0.2) is 0 Å². The topological polar surface area (TPSA) is 47.9 Å². The molecule has 1 atom stereocenters. The minimum absolute atomic E-state index is 0.298. The van der Waals surface area contributed by atoms with E-state index in [2.05, 4.69) is 5.16 Å². The van der Waals surface area contributed by atoms with Gasteiger partial charge in [-0.3, -0.25) is 0 Å². The summed E-state index contributed by atoms with van der Waals surface area (Å²) in [7, 11) is 1.45. The van der Waals surface area contributed by atoms with Crippen LogP contribution in [0.5, 0.6) is 0 Å². The molecule has 0 amide bonds. The highest BCUT2D eigenvalue weighted by molar-refractivity contribution is 6.17. The molecule has 0 aromatic heterocycles. The Kier molecular flexibility index (Phi) is 2.86. The molecule has 1 aromatic rings. The van der Waals surface area contributed by atoms with Gasteiger partial charge in [0.2, 0.25) is 0 Å². The molecule has 4 heteroatoms. The zero-order valence-corrected chi connectivity index (χ0v) is 9.06. The highest BCUT2D eigenvalue weighted by Gasteiger charge is 2.29. The third kappa shape index (κ3) is 1.76. The van der Waals surface area contributed by atoms with Crippen molar-refractivity contribution in [3.8, 4) is 0 Å². The predicted octanol–water partition coefficient (Wildman–Crippen LogP) is 1.46. The van der Waals surface area contributed by atoms with Gasteiger partial charge in [0, 0.05) is 12.7 Å². The summed E-state index contributed by atoms with van der Waals surface area (Å²) in [6.07, 6.45) is -0.742. The van der Waals surface area contributed by atoms with E-state index in [9.17, 15) is 4.79 Å². The molecule has 0 N–H and O–H groups in total. The van der Waals surface area contributed by atoms with Crippen molar-refractivity contribution in [2.75, 3.05) is 7.11 Å². The summed E-state index contributed by atoms with van der Waals surface area (Å²) in [6.45, 7) is 1.99. The van der Waals surface area contributed by atoms with Crippen LogP contribution in [0.4, 0.5) is 0 Å². The lowest BCUT2D eigenvalue weighted by atomic mass is 10.0. The molecule has 2 rings (SSSR count). The third-order valence-electron chi connectivity index (χ3n) is 2.38. The fourth-order valence-corrected chi connectivity index (χ4v) is 1.49.